The predicted molar refractivity (Wildman–Crippen MR) is 169 cm³/mol. The van der Waals surface area contributed by atoms with Gasteiger partial charge < -0.3 is 25.2 Å². The Morgan fingerprint density at radius 2 is 1.42 bits per heavy atom. The average Bonchev–Trinajstić information content (AvgIpc) is 3.33. The fourth-order valence-electron chi connectivity index (χ4n) is 5.20. The minimum atomic E-state index is -1.18. The molecule has 8 heteroatoms. The van der Waals surface area contributed by atoms with Gasteiger partial charge in [0.25, 0.3) is 5.91 Å². The number of nitrogens with one attached hydrogen (secondary N) is 1. The summed E-state index contributed by atoms with van der Waals surface area (Å²) in [4.78, 5) is 25.0. The number of aromatic nitrogens is 1. The van der Waals surface area contributed by atoms with Crippen molar-refractivity contribution in [2.45, 2.75) is 71.6 Å². The third kappa shape index (κ3) is 8.63. The smallest absolute Gasteiger partial charge is 0.305 e. The van der Waals surface area contributed by atoms with Crippen LogP contribution < -0.4 is 5.32 Å². The zero-order chi connectivity index (χ0) is 31.5. The molecule has 0 aliphatic carbocycles. The maximum absolute atomic E-state index is 14.0. The molecule has 4 aromatic rings. The van der Waals surface area contributed by atoms with Gasteiger partial charge in [0.2, 0.25) is 0 Å². The molecule has 0 fully saturated rings. The molecule has 1 heterocycles. The Morgan fingerprint density at radius 1 is 0.837 bits per heavy atom. The van der Waals surface area contributed by atoms with Crippen LogP contribution in [0.2, 0.25) is 0 Å². The lowest BCUT2D eigenvalue weighted by molar-refractivity contribution is -0.139. The number of aliphatic carboxylic acids is 1. The van der Waals surface area contributed by atoms with Crippen molar-refractivity contribution < 1.29 is 29.3 Å². The van der Waals surface area contributed by atoms with E-state index < -0.39 is 24.6 Å². The van der Waals surface area contributed by atoms with Gasteiger partial charge in [-0.15, -0.1) is 0 Å². The monoisotopic (exact) mass is 588 g/mol. The number of para-hydroxylation sites is 1. The van der Waals surface area contributed by atoms with Crippen molar-refractivity contribution in [3.05, 3.63) is 102 Å². The number of carbonyl (C=O) groups is 2. The van der Waals surface area contributed by atoms with Crippen molar-refractivity contribution in [2.75, 3.05) is 5.32 Å². The highest BCUT2D eigenvalue weighted by Crippen LogP contribution is 2.42. The van der Waals surface area contributed by atoms with Gasteiger partial charge >= 0.3 is 5.97 Å². The number of carboxylic acids is 1. The second-order valence-corrected chi connectivity index (χ2v) is 10.4. The SMILES string of the molecule is CC.CC(C)c1c(C(=O)Nc2ccccc2)c(-c2ccccc2)c(-c2ccc(F)cc2)n1CC[C@H](O)C[C@H](O)CC(=O)O. The number of benzene rings is 3. The molecule has 1 aromatic heterocycles. The second-order valence-electron chi connectivity index (χ2n) is 10.4. The number of halogens is 1. The lowest BCUT2D eigenvalue weighted by atomic mass is 9.94. The average molecular weight is 589 g/mol. The summed E-state index contributed by atoms with van der Waals surface area (Å²) in [7, 11) is 0. The summed E-state index contributed by atoms with van der Waals surface area (Å²) in [5.41, 5.74) is 4.77. The minimum Gasteiger partial charge on any atom is -0.481 e. The molecule has 0 spiro atoms. The summed E-state index contributed by atoms with van der Waals surface area (Å²) in [6.45, 7) is 8.25. The summed E-state index contributed by atoms with van der Waals surface area (Å²) in [5, 5.41) is 32.8. The Morgan fingerprint density at radius 3 is 1.98 bits per heavy atom. The fraction of sp³-hybridized carbons (Fsp3) is 0.314. The van der Waals surface area contributed by atoms with Crippen molar-refractivity contribution in [3.63, 3.8) is 0 Å². The lowest BCUT2D eigenvalue weighted by Crippen LogP contribution is -2.22. The molecule has 43 heavy (non-hydrogen) atoms. The zero-order valence-corrected chi connectivity index (χ0v) is 25.1. The largest absolute Gasteiger partial charge is 0.481 e. The van der Waals surface area contributed by atoms with Crippen LogP contribution in [0.4, 0.5) is 10.1 Å². The number of carboxylic acid groups (broad SMARTS) is 1. The van der Waals surface area contributed by atoms with Crippen LogP contribution in [0.1, 0.15) is 68.9 Å². The van der Waals surface area contributed by atoms with Crippen molar-refractivity contribution >= 4 is 17.6 Å². The molecule has 2 atom stereocenters. The number of hydrogen-bond donors (Lipinski definition) is 4. The van der Waals surface area contributed by atoms with Gasteiger partial charge in [-0.1, -0.05) is 76.2 Å². The molecule has 0 aliphatic heterocycles. The molecule has 3 aromatic carbocycles. The highest BCUT2D eigenvalue weighted by atomic mass is 19.1. The highest BCUT2D eigenvalue weighted by molar-refractivity contribution is 6.12. The normalized spacial score (nSPS) is 12.3. The minimum absolute atomic E-state index is 0.0939. The number of carbonyl (C=O) groups excluding carboxylic acids is 1. The van der Waals surface area contributed by atoms with Crippen LogP contribution in [0, 0.1) is 5.82 Å². The molecule has 0 unspecified atom stereocenters. The van der Waals surface area contributed by atoms with Gasteiger partial charge in [0, 0.05) is 23.5 Å². The Balaban J connectivity index is 0.00000248. The molecule has 0 aliphatic rings. The molecule has 0 bridgehead atoms. The predicted octanol–water partition coefficient (Wildman–Crippen LogP) is 7.34. The van der Waals surface area contributed by atoms with Crippen LogP contribution in [0.15, 0.2) is 84.9 Å². The number of nitrogens with zero attached hydrogens (tertiary/aromatic N) is 1. The van der Waals surface area contributed by atoms with E-state index in [-0.39, 0.29) is 37.0 Å². The lowest BCUT2D eigenvalue weighted by Gasteiger charge is -2.20. The standard InChI is InChI=1S/C33H35FN2O5.C2H6/c1-21(2)31-30(33(41)35-25-11-7-4-8-12-25)29(22-9-5-3-6-10-22)32(23-13-15-24(34)16-14-23)36(31)18-17-26(37)19-27(38)20-28(39)40;1-2/h3-16,21,26-27,37-38H,17-20H2,1-2H3,(H,35,41)(H,39,40);1-2H3/t26-,27-;/m0./s1. The van der Waals surface area contributed by atoms with E-state index in [2.05, 4.69) is 5.32 Å². The molecule has 0 saturated heterocycles. The molecule has 4 N–H and O–H groups in total. The number of rotatable bonds is 12. The Labute approximate surface area is 252 Å². The molecular weight excluding hydrogens is 547 g/mol. The Bertz CT molecular complexity index is 1470. The second kappa shape index (κ2) is 15.8. The van der Waals surface area contributed by atoms with Gasteiger partial charge in [-0.05, 0) is 66.3 Å². The van der Waals surface area contributed by atoms with Gasteiger partial charge in [-0.2, -0.15) is 0 Å². The molecule has 0 saturated carbocycles. The van der Waals surface area contributed by atoms with E-state index in [1.165, 1.54) is 12.1 Å². The fourth-order valence-corrected chi connectivity index (χ4v) is 5.20. The first-order valence-electron chi connectivity index (χ1n) is 14.7. The van der Waals surface area contributed by atoms with E-state index in [4.69, 9.17) is 5.11 Å². The van der Waals surface area contributed by atoms with E-state index in [0.717, 1.165) is 11.3 Å². The summed E-state index contributed by atoms with van der Waals surface area (Å²) in [6.07, 6.45) is -2.51. The van der Waals surface area contributed by atoms with E-state index >= 15 is 0 Å². The third-order valence-corrected chi connectivity index (χ3v) is 6.93. The van der Waals surface area contributed by atoms with Crippen LogP contribution in [-0.4, -0.2) is 44.0 Å². The van der Waals surface area contributed by atoms with Gasteiger partial charge in [0.05, 0.1) is 29.9 Å². The zero-order valence-electron chi connectivity index (χ0n) is 25.1. The van der Waals surface area contributed by atoms with Crippen LogP contribution in [0.5, 0.6) is 0 Å². The van der Waals surface area contributed by atoms with Crippen molar-refractivity contribution in [1.29, 1.82) is 0 Å². The van der Waals surface area contributed by atoms with E-state index in [0.29, 0.717) is 28.1 Å². The van der Waals surface area contributed by atoms with Crippen LogP contribution in [0.25, 0.3) is 22.4 Å². The number of aliphatic hydroxyl groups is 2. The Hall–Kier alpha value is -4.27. The molecule has 4 rings (SSSR count). The van der Waals surface area contributed by atoms with E-state index in [9.17, 15) is 24.2 Å². The van der Waals surface area contributed by atoms with Crippen molar-refractivity contribution in [2.24, 2.45) is 0 Å². The van der Waals surface area contributed by atoms with Crippen molar-refractivity contribution in [3.8, 4) is 22.4 Å². The van der Waals surface area contributed by atoms with Gasteiger partial charge in [0.15, 0.2) is 0 Å². The quantitative estimate of drug-likeness (QED) is 0.138. The Kier molecular flexibility index (Phi) is 12.2. The maximum atomic E-state index is 14.0. The number of amides is 1. The van der Waals surface area contributed by atoms with E-state index in [1.807, 2.05) is 92.9 Å². The van der Waals surface area contributed by atoms with Crippen molar-refractivity contribution in [1.82, 2.24) is 4.57 Å². The van der Waals surface area contributed by atoms with Crippen LogP contribution in [-0.2, 0) is 11.3 Å². The highest BCUT2D eigenvalue weighted by Gasteiger charge is 2.31. The van der Waals surface area contributed by atoms with Gasteiger partial charge in [-0.25, -0.2) is 4.39 Å². The number of aliphatic hydroxyl groups excluding tert-OH is 2. The van der Waals surface area contributed by atoms with Crippen LogP contribution in [0.3, 0.4) is 0 Å². The first kappa shape index (κ1) is 33.2. The summed E-state index contributed by atoms with van der Waals surface area (Å²) < 4.78 is 16.0. The number of anilines is 1. The molecule has 7 nitrogen and oxygen atoms in total. The van der Waals surface area contributed by atoms with Gasteiger partial charge in [-0.3, -0.25) is 9.59 Å². The van der Waals surface area contributed by atoms with Crippen LogP contribution >= 0.6 is 0 Å². The summed E-state index contributed by atoms with van der Waals surface area (Å²) in [6, 6.07) is 24.8. The molecule has 1 amide bonds. The molecule has 228 valence electrons. The maximum Gasteiger partial charge on any atom is 0.305 e. The third-order valence-electron chi connectivity index (χ3n) is 6.93. The topological polar surface area (TPSA) is 112 Å². The first-order chi connectivity index (χ1) is 20.7. The molecular formula is C35H41FN2O5. The number of hydrogen-bond acceptors (Lipinski definition) is 4. The first-order valence-corrected chi connectivity index (χ1v) is 14.7. The van der Waals surface area contributed by atoms with Gasteiger partial charge in [0.1, 0.15) is 5.82 Å². The summed E-state index contributed by atoms with van der Waals surface area (Å²) >= 11 is 0. The van der Waals surface area contributed by atoms with E-state index in [1.54, 1.807) is 12.1 Å². The molecule has 0 radical (unpaired) electrons. The summed E-state index contributed by atoms with van der Waals surface area (Å²) in [5.74, 6) is -1.93.